The molecule has 0 bridgehead atoms. The standard InChI is InChI=1S/C12H18ClFN2O3S/c1-16(5-3-2-4-6-17)20(18,19)11-8-9(13)7-10(15)12(11)14/h7-8,17H,2-6,15H2,1H3. The number of nitrogens with two attached hydrogens (primary N) is 1. The second kappa shape index (κ2) is 7.21. The van der Waals surface area contributed by atoms with Crippen LogP contribution in [0.4, 0.5) is 10.1 Å². The molecule has 114 valence electrons. The van der Waals surface area contributed by atoms with Crippen LogP contribution < -0.4 is 5.73 Å². The molecule has 0 heterocycles. The van der Waals surface area contributed by atoms with Gasteiger partial charge in [-0.15, -0.1) is 0 Å². The average molecular weight is 325 g/mol. The molecule has 20 heavy (non-hydrogen) atoms. The number of aliphatic hydroxyl groups excluding tert-OH is 1. The minimum Gasteiger partial charge on any atom is -0.396 e. The molecule has 0 aliphatic carbocycles. The average Bonchev–Trinajstić information content (AvgIpc) is 2.38. The van der Waals surface area contributed by atoms with E-state index in [4.69, 9.17) is 22.4 Å². The van der Waals surface area contributed by atoms with Crippen molar-refractivity contribution in [1.82, 2.24) is 4.31 Å². The Bertz CT molecular complexity index is 566. The predicted molar refractivity (Wildman–Crippen MR) is 76.6 cm³/mol. The number of unbranched alkanes of at least 4 members (excludes halogenated alkanes) is 2. The molecule has 0 aliphatic heterocycles. The Morgan fingerprint density at radius 1 is 1.35 bits per heavy atom. The van der Waals surface area contributed by atoms with Gasteiger partial charge in [-0.2, -0.15) is 0 Å². The minimum absolute atomic E-state index is 0.0654. The van der Waals surface area contributed by atoms with Gasteiger partial charge in [-0.1, -0.05) is 11.6 Å². The first kappa shape index (κ1) is 17.2. The number of halogens is 2. The lowest BCUT2D eigenvalue weighted by Crippen LogP contribution is -2.29. The Kier molecular flexibility index (Phi) is 6.19. The molecule has 0 radical (unpaired) electrons. The molecule has 0 atom stereocenters. The van der Waals surface area contributed by atoms with Crippen molar-refractivity contribution >= 4 is 27.3 Å². The van der Waals surface area contributed by atoms with Gasteiger partial charge in [0.2, 0.25) is 10.0 Å². The molecule has 0 aromatic heterocycles. The lowest BCUT2D eigenvalue weighted by molar-refractivity contribution is 0.281. The topological polar surface area (TPSA) is 83.6 Å². The molecule has 3 N–H and O–H groups in total. The summed E-state index contributed by atoms with van der Waals surface area (Å²) in [5.74, 6) is -0.989. The third kappa shape index (κ3) is 4.05. The van der Waals surface area contributed by atoms with Crippen molar-refractivity contribution < 1.29 is 17.9 Å². The Hall–Kier alpha value is -0.890. The van der Waals surface area contributed by atoms with Gasteiger partial charge in [0.1, 0.15) is 4.90 Å². The van der Waals surface area contributed by atoms with E-state index >= 15 is 0 Å². The van der Waals surface area contributed by atoms with E-state index in [1.807, 2.05) is 0 Å². The number of nitrogens with zero attached hydrogens (tertiary/aromatic N) is 1. The van der Waals surface area contributed by atoms with Crippen molar-refractivity contribution in [2.24, 2.45) is 0 Å². The number of aliphatic hydroxyl groups is 1. The van der Waals surface area contributed by atoms with Crippen LogP contribution in [0.2, 0.25) is 5.02 Å². The highest BCUT2D eigenvalue weighted by atomic mass is 35.5. The molecule has 0 saturated heterocycles. The van der Waals surface area contributed by atoms with Crippen LogP contribution >= 0.6 is 11.6 Å². The van der Waals surface area contributed by atoms with Crippen molar-refractivity contribution in [2.75, 3.05) is 25.9 Å². The Balaban J connectivity index is 2.93. The molecular weight excluding hydrogens is 307 g/mol. The molecule has 0 unspecified atom stereocenters. The largest absolute Gasteiger partial charge is 0.396 e. The zero-order valence-electron chi connectivity index (χ0n) is 11.1. The number of anilines is 1. The summed E-state index contributed by atoms with van der Waals surface area (Å²) in [7, 11) is -2.60. The molecule has 1 rings (SSSR count). The second-order valence-corrected chi connectivity index (χ2v) is 6.87. The van der Waals surface area contributed by atoms with Crippen molar-refractivity contribution in [1.29, 1.82) is 0 Å². The highest BCUT2D eigenvalue weighted by molar-refractivity contribution is 7.89. The van der Waals surface area contributed by atoms with E-state index in [2.05, 4.69) is 0 Å². The van der Waals surface area contributed by atoms with Gasteiger partial charge in [-0.05, 0) is 31.4 Å². The van der Waals surface area contributed by atoms with E-state index in [1.54, 1.807) is 0 Å². The lowest BCUT2D eigenvalue weighted by Gasteiger charge is -2.18. The molecule has 0 amide bonds. The summed E-state index contributed by atoms with van der Waals surface area (Å²) in [5.41, 5.74) is 5.09. The van der Waals surface area contributed by atoms with Crippen LogP contribution in [0.1, 0.15) is 19.3 Å². The van der Waals surface area contributed by atoms with Crippen LogP contribution in [0.3, 0.4) is 0 Å². The molecular formula is C12H18ClFN2O3S. The zero-order chi connectivity index (χ0) is 15.3. The summed E-state index contributed by atoms with van der Waals surface area (Å²) in [5, 5.41) is 8.72. The Morgan fingerprint density at radius 3 is 2.60 bits per heavy atom. The monoisotopic (exact) mass is 324 g/mol. The van der Waals surface area contributed by atoms with E-state index < -0.39 is 20.7 Å². The number of rotatable bonds is 7. The van der Waals surface area contributed by atoms with Gasteiger partial charge in [0.05, 0.1) is 5.69 Å². The first-order valence-corrected chi connectivity index (χ1v) is 7.94. The van der Waals surface area contributed by atoms with Crippen LogP contribution in [0, 0.1) is 5.82 Å². The normalized spacial score (nSPS) is 12.1. The molecule has 0 spiro atoms. The van der Waals surface area contributed by atoms with E-state index in [1.165, 1.54) is 7.05 Å². The van der Waals surface area contributed by atoms with Crippen molar-refractivity contribution in [3.63, 3.8) is 0 Å². The first-order chi connectivity index (χ1) is 9.30. The molecule has 8 heteroatoms. The third-order valence-corrected chi connectivity index (χ3v) is 4.93. The number of benzene rings is 1. The molecule has 0 aliphatic rings. The maximum atomic E-state index is 13.9. The number of nitrogen functional groups attached to an aromatic ring is 1. The zero-order valence-corrected chi connectivity index (χ0v) is 12.7. The van der Waals surface area contributed by atoms with Crippen molar-refractivity contribution in [3.05, 3.63) is 23.0 Å². The molecule has 5 nitrogen and oxygen atoms in total. The summed E-state index contributed by atoms with van der Waals surface area (Å²) >= 11 is 5.72. The van der Waals surface area contributed by atoms with Gasteiger partial charge < -0.3 is 10.8 Å². The van der Waals surface area contributed by atoms with Gasteiger partial charge >= 0.3 is 0 Å². The summed E-state index contributed by atoms with van der Waals surface area (Å²) in [6.07, 6.45) is 1.87. The third-order valence-electron chi connectivity index (χ3n) is 2.85. The van der Waals surface area contributed by atoms with Crippen LogP contribution in [0.25, 0.3) is 0 Å². The van der Waals surface area contributed by atoms with Crippen molar-refractivity contribution in [3.8, 4) is 0 Å². The van der Waals surface area contributed by atoms with Gasteiger partial charge in [0, 0.05) is 25.2 Å². The Labute approximate surface area is 123 Å². The maximum absolute atomic E-state index is 13.9. The summed E-state index contributed by atoms with van der Waals surface area (Å²) in [6.45, 7) is 0.296. The number of sulfonamides is 1. The fourth-order valence-corrected chi connectivity index (χ4v) is 3.30. The van der Waals surface area contributed by atoms with Crippen molar-refractivity contribution in [2.45, 2.75) is 24.2 Å². The van der Waals surface area contributed by atoms with E-state index in [0.717, 1.165) is 16.4 Å². The Morgan fingerprint density at radius 2 is 2.00 bits per heavy atom. The lowest BCUT2D eigenvalue weighted by atomic mass is 10.2. The van der Waals surface area contributed by atoms with Gasteiger partial charge in [0.25, 0.3) is 0 Å². The van der Waals surface area contributed by atoms with Gasteiger partial charge in [-0.25, -0.2) is 17.1 Å². The van der Waals surface area contributed by atoms with Crippen LogP contribution in [0.15, 0.2) is 17.0 Å². The number of hydrogen-bond acceptors (Lipinski definition) is 4. The SMILES string of the molecule is CN(CCCCCO)S(=O)(=O)c1cc(Cl)cc(N)c1F. The van der Waals surface area contributed by atoms with Crippen LogP contribution in [-0.4, -0.2) is 38.0 Å². The minimum atomic E-state index is -3.97. The summed E-state index contributed by atoms with van der Waals surface area (Å²) in [4.78, 5) is -0.521. The predicted octanol–water partition coefficient (Wildman–Crippen LogP) is 1.84. The van der Waals surface area contributed by atoms with Gasteiger partial charge in [-0.3, -0.25) is 0 Å². The quantitative estimate of drug-likeness (QED) is 0.592. The molecule has 1 aromatic carbocycles. The van der Waals surface area contributed by atoms with Crippen LogP contribution in [0.5, 0.6) is 0 Å². The number of hydrogen-bond donors (Lipinski definition) is 2. The molecule has 0 fully saturated rings. The van der Waals surface area contributed by atoms with E-state index in [-0.39, 0.29) is 23.9 Å². The van der Waals surface area contributed by atoms with E-state index in [0.29, 0.717) is 19.3 Å². The summed E-state index contributed by atoms with van der Waals surface area (Å²) in [6, 6.07) is 2.21. The molecule has 1 aromatic rings. The fraction of sp³-hybridized carbons (Fsp3) is 0.500. The molecule has 0 saturated carbocycles. The summed E-state index contributed by atoms with van der Waals surface area (Å²) < 4.78 is 39.4. The fourth-order valence-electron chi connectivity index (χ4n) is 1.68. The highest BCUT2D eigenvalue weighted by Crippen LogP contribution is 2.27. The second-order valence-electron chi connectivity index (χ2n) is 4.42. The van der Waals surface area contributed by atoms with Crippen LogP contribution in [-0.2, 0) is 10.0 Å². The van der Waals surface area contributed by atoms with E-state index in [9.17, 15) is 12.8 Å². The maximum Gasteiger partial charge on any atom is 0.245 e. The van der Waals surface area contributed by atoms with Gasteiger partial charge in [0.15, 0.2) is 5.82 Å². The first-order valence-electron chi connectivity index (χ1n) is 6.12. The highest BCUT2D eigenvalue weighted by Gasteiger charge is 2.26. The smallest absolute Gasteiger partial charge is 0.245 e.